The Balaban J connectivity index is 0.000000148. The van der Waals surface area contributed by atoms with Crippen molar-refractivity contribution in [2.45, 2.75) is 64.6 Å². The van der Waals surface area contributed by atoms with E-state index in [-0.39, 0.29) is 41.2 Å². The number of aryl methyl sites for hydroxylation is 1. The summed E-state index contributed by atoms with van der Waals surface area (Å²) >= 11 is 0. The fourth-order valence-corrected chi connectivity index (χ4v) is 11.2. The number of hydrogen-bond acceptors (Lipinski definition) is 17. The molecule has 6 heterocycles. The molecule has 0 bridgehead atoms. The normalized spacial score (nSPS) is 23.9. The van der Waals surface area contributed by atoms with Gasteiger partial charge < -0.3 is 46.5 Å². The van der Waals surface area contributed by atoms with Gasteiger partial charge in [0.1, 0.15) is 35.2 Å². The molecule has 67 heavy (non-hydrogen) atoms. The second kappa shape index (κ2) is 16.3. The van der Waals surface area contributed by atoms with E-state index in [1.54, 1.807) is 45.5 Å². The second-order valence-electron chi connectivity index (χ2n) is 19.0. The number of fused-ring (bicyclic) bond motifs is 8. The zero-order valence-corrected chi connectivity index (χ0v) is 37.9. The van der Waals surface area contributed by atoms with Gasteiger partial charge in [0, 0.05) is 87.7 Å². The number of hydrogen-bond donors (Lipinski definition) is 5. The molecule has 2 aromatic carbocycles. The van der Waals surface area contributed by atoms with Gasteiger partial charge >= 0.3 is 12.0 Å². The summed E-state index contributed by atoms with van der Waals surface area (Å²) in [6.07, 6.45) is 8.56. The molecule has 4 aliphatic carbocycles. The van der Waals surface area contributed by atoms with Gasteiger partial charge in [0.05, 0.1) is 36.2 Å². The van der Waals surface area contributed by atoms with Crippen molar-refractivity contribution >= 4 is 23.0 Å². The van der Waals surface area contributed by atoms with Gasteiger partial charge in [0.2, 0.25) is 0 Å². The van der Waals surface area contributed by atoms with Gasteiger partial charge in [-0.3, -0.25) is 0 Å². The topological polar surface area (TPSA) is 224 Å². The Kier molecular flexibility index (Phi) is 10.4. The lowest BCUT2D eigenvalue weighted by Crippen LogP contribution is -2.53. The maximum atomic E-state index is 14.5. The molecular weight excluding hydrogens is 859 g/mol. The van der Waals surface area contributed by atoms with Gasteiger partial charge in [-0.05, 0) is 96.4 Å². The minimum absolute atomic E-state index is 0.141. The molecule has 1 unspecified atom stereocenters. The molecule has 2 saturated heterocycles. The highest BCUT2D eigenvalue weighted by atomic mass is 19.1. The zero-order chi connectivity index (χ0) is 46.5. The monoisotopic (exact) mass is 910 g/mol. The Labute approximate surface area is 385 Å². The number of aliphatic hydroxyl groups is 1. The lowest BCUT2D eigenvalue weighted by atomic mass is 9.60. The van der Waals surface area contributed by atoms with Crippen LogP contribution in [0, 0.1) is 41.7 Å². The van der Waals surface area contributed by atoms with E-state index in [9.17, 15) is 13.9 Å². The fourth-order valence-electron chi connectivity index (χ4n) is 11.2. The predicted octanol–water partition coefficient (Wildman–Crippen LogP) is 5.94. The van der Waals surface area contributed by atoms with Crippen LogP contribution in [-0.2, 0) is 12.8 Å². The van der Waals surface area contributed by atoms with Crippen LogP contribution in [0.5, 0.6) is 23.5 Å². The lowest BCUT2D eigenvalue weighted by Gasteiger charge is -2.46. The van der Waals surface area contributed by atoms with Crippen molar-refractivity contribution in [3.8, 4) is 45.8 Å². The summed E-state index contributed by atoms with van der Waals surface area (Å²) in [6, 6.07) is 7.02. The molecule has 6 aliphatic rings. The van der Waals surface area contributed by atoms with Crippen molar-refractivity contribution < 1.29 is 23.4 Å². The molecule has 12 rings (SSSR count). The van der Waals surface area contributed by atoms with Crippen molar-refractivity contribution in [1.29, 1.82) is 0 Å². The third-order valence-electron chi connectivity index (χ3n) is 14.6. The largest absolute Gasteiger partial charge is 0.421 e. The fraction of sp³-hybridized carbons (Fsp3) is 0.417. The molecule has 19 heteroatoms. The molecule has 0 amide bonds. The number of nitrogens with one attached hydrogen (secondary N) is 2. The van der Waals surface area contributed by atoms with E-state index in [1.165, 1.54) is 24.5 Å². The smallest absolute Gasteiger partial charge is 0.324 e. The molecule has 4 fully saturated rings. The maximum absolute atomic E-state index is 14.5. The van der Waals surface area contributed by atoms with Crippen LogP contribution in [0.4, 0.5) is 31.8 Å². The summed E-state index contributed by atoms with van der Waals surface area (Å²) in [5.41, 5.74) is 21.2. The highest BCUT2D eigenvalue weighted by Crippen LogP contribution is 2.54. The Morgan fingerprint density at radius 1 is 0.746 bits per heavy atom. The van der Waals surface area contributed by atoms with Crippen LogP contribution >= 0.6 is 0 Å². The summed E-state index contributed by atoms with van der Waals surface area (Å²) in [6.45, 7) is 9.02. The summed E-state index contributed by atoms with van der Waals surface area (Å²) in [5, 5.41) is 15.9. The van der Waals surface area contributed by atoms with Crippen molar-refractivity contribution in [2.24, 2.45) is 34.6 Å². The van der Waals surface area contributed by atoms with E-state index in [0.717, 1.165) is 107 Å². The molecule has 0 radical (unpaired) electrons. The number of anilines is 4. The predicted molar refractivity (Wildman–Crippen MR) is 247 cm³/mol. The van der Waals surface area contributed by atoms with E-state index in [0.29, 0.717) is 53.7 Å². The Bertz CT molecular complexity index is 2930. The van der Waals surface area contributed by atoms with Crippen LogP contribution in [0.25, 0.3) is 22.3 Å². The van der Waals surface area contributed by atoms with Gasteiger partial charge in [-0.1, -0.05) is 6.92 Å². The third-order valence-corrected chi connectivity index (χ3v) is 14.6. The summed E-state index contributed by atoms with van der Waals surface area (Å²) < 4.78 is 40.9. The number of halogens is 2. The van der Waals surface area contributed by atoms with Crippen LogP contribution in [0.3, 0.4) is 0 Å². The average molecular weight is 911 g/mol. The van der Waals surface area contributed by atoms with E-state index >= 15 is 0 Å². The molecule has 0 spiro atoms. The molecule has 346 valence electrons. The minimum atomic E-state index is -0.773. The lowest BCUT2D eigenvalue weighted by molar-refractivity contribution is 0.0771. The van der Waals surface area contributed by atoms with Gasteiger partial charge in [0.25, 0.3) is 0 Å². The Morgan fingerprint density at radius 2 is 1.28 bits per heavy atom. The van der Waals surface area contributed by atoms with Crippen molar-refractivity contribution in [3.63, 3.8) is 0 Å². The molecule has 2 aliphatic heterocycles. The van der Waals surface area contributed by atoms with Crippen LogP contribution in [0.15, 0.2) is 49.1 Å². The van der Waals surface area contributed by atoms with Crippen LogP contribution < -0.4 is 41.4 Å². The molecule has 17 nitrogen and oxygen atoms in total. The van der Waals surface area contributed by atoms with Crippen molar-refractivity contribution in [3.05, 3.63) is 94.9 Å². The first kappa shape index (κ1) is 42.9. The number of nitrogens with two attached hydrogens (primary N) is 2. The van der Waals surface area contributed by atoms with Gasteiger partial charge in [-0.2, -0.15) is 19.9 Å². The summed E-state index contributed by atoms with van der Waals surface area (Å²) in [5.74, 6) is 4.17. The molecule has 7 N–H and O–H groups in total. The number of aliphatic hydroxyl groups excluding tert-OH is 1. The standard InChI is InChI=1S/C25H28FN7O2.C23H24FN7O/c1-12(34)22-29-8-14(9-30-22)35-24-31-20-6-15-16(4-13(26)5-19(15)28-3)21(20)23(32-24)33-10-17-18(27)7-25(17,2)11-33;1-11-27-7-14(8-28-11)32-23-29-20-6-15-16(4-13(24)5-19(15)26-2)21(20)22(30-23)31-9-12-3-18(25)17(12)10-31/h4-5,8-9,12,17-18,28,34H,6-7,10-11,27H2,1-3H3;4-5,7-8,12,17-18,26H,3,6,9-10,25H2,1-2H3/t12?,17-,18-,25-;12-,17+,18-/m11/s1. The number of ether oxygens (including phenoxy) is 2. The van der Waals surface area contributed by atoms with Crippen molar-refractivity contribution in [1.82, 2.24) is 39.9 Å². The SMILES string of the molecule is CNc1cc(F)cc2c1Cc1nc(Oc3cnc(C(C)O)nc3)nc(N3C[C@@H]4[C@H](N)C[C@]4(C)C3)c1-2.CNc1cc(F)cc2c1Cc1nc(Oc3cnc(C)nc3)nc(N3C[C@H]4C[C@@H](N)[C@H]4C3)c1-2. The number of rotatable bonds is 9. The Hall–Kier alpha value is -6.70. The Morgan fingerprint density at radius 3 is 1.76 bits per heavy atom. The number of aromatic nitrogens is 8. The second-order valence-corrected chi connectivity index (χ2v) is 19.0. The number of benzene rings is 2. The van der Waals surface area contributed by atoms with Gasteiger partial charge in [-0.15, -0.1) is 0 Å². The van der Waals surface area contributed by atoms with E-state index in [1.807, 2.05) is 6.92 Å². The highest BCUT2D eigenvalue weighted by Gasteiger charge is 2.55. The first-order valence-electron chi connectivity index (χ1n) is 22.7. The molecule has 7 atom stereocenters. The molecule has 6 aromatic rings. The average Bonchev–Trinajstić information content (AvgIpc) is 4.04. The van der Waals surface area contributed by atoms with Gasteiger partial charge in [-0.25, -0.2) is 28.7 Å². The van der Waals surface area contributed by atoms with E-state index in [4.69, 9.17) is 40.9 Å². The van der Waals surface area contributed by atoms with Crippen LogP contribution in [0.2, 0.25) is 0 Å². The zero-order valence-electron chi connectivity index (χ0n) is 37.9. The summed E-state index contributed by atoms with van der Waals surface area (Å²) in [4.78, 5) is 40.2. The van der Waals surface area contributed by atoms with Crippen LogP contribution in [-0.4, -0.2) is 97.3 Å². The first-order chi connectivity index (χ1) is 32.2. The molecular formula is C48H52F2N14O3. The highest BCUT2D eigenvalue weighted by molar-refractivity contribution is 5.89. The third kappa shape index (κ3) is 7.48. The number of nitrogens with zero attached hydrogens (tertiary/aromatic N) is 10. The maximum Gasteiger partial charge on any atom is 0.324 e. The van der Waals surface area contributed by atoms with Gasteiger partial charge in [0.15, 0.2) is 17.3 Å². The summed E-state index contributed by atoms with van der Waals surface area (Å²) in [7, 11) is 3.59. The van der Waals surface area contributed by atoms with Crippen LogP contribution in [0.1, 0.15) is 67.0 Å². The van der Waals surface area contributed by atoms with Crippen molar-refractivity contribution in [2.75, 3.05) is 60.7 Å². The minimum Gasteiger partial charge on any atom is -0.421 e. The quantitative estimate of drug-likeness (QED) is 0.113. The van der Waals surface area contributed by atoms with E-state index in [2.05, 4.69) is 47.3 Å². The molecule has 4 aromatic heterocycles. The first-order valence-corrected chi connectivity index (χ1v) is 22.7. The molecule has 2 saturated carbocycles. The van der Waals surface area contributed by atoms with E-state index < -0.39 is 6.10 Å².